The number of carbonyl (C=O) groups is 1. The summed E-state index contributed by atoms with van der Waals surface area (Å²) >= 11 is 12.6. The summed E-state index contributed by atoms with van der Waals surface area (Å²) in [7, 11) is 0. The lowest BCUT2D eigenvalue weighted by Gasteiger charge is -2.11. The minimum absolute atomic E-state index is 0.0215. The highest BCUT2D eigenvalue weighted by Gasteiger charge is 2.31. The van der Waals surface area contributed by atoms with Crippen molar-refractivity contribution in [1.82, 2.24) is 4.90 Å². The fourth-order valence-corrected chi connectivity index (χ4v) is 3.14. The molecule has 0 aliphatic carbocycles. The van der Waals surface area contributed by atoms with E-state index in [0.29, 0.717) is 20.8 Å². The Balaban J connectivity index is 2.28. The molecular formula is C13H12ClNOS2. The van der Waals surface area contributed by atoms with Crippen LogP contribution in [-0.4, -0.2) is 21.7 Å². The standard InChI is InChI=1S/C13H12ClNOS2/c1-2-7-15-12(16)11(18-13(15)17)8-9-5-3-4-6-10(9)14/h3-6,8H,2,7H2,1H3. The highest BCUT2D eigenvalue weighted by molar-refractivity contribution is 8.26. The first-order chi connectivity index (χ1) is 8.63. The molecule has 2 nitrogen and oxygen atoms in total. The first-order valence-electron chi connectivity index (χ1n) is 5.63. The van der Waals surface area contributed by atoms with Gasteiger partial charge in [-0.2, -0.15) is 0 Å². The second kappa shape index (κ2) is 5.87. The van der Waals surface area contributed by atoms with Crippen LogP contribution < -0.4 is 0 Å². The molecule has 2 rings (SSSR count). The normalized spacial score (nSPS) is 17.9. The van der Waals surface area contributed by atoms with Crippen molar-refractivity contribution in [2.24, 2.45) is 0 Å². The van der Waals surface area contributed by atoms with E-state index >= 15 is 0 Å². The molecule has 0 bridgehead atoms. The van der Waals surface area contributed by atoms with E-state index in [0.717, 1.165) is 12.0 Å². The van der Waals surface area contributed by atoms with Gasteiger partial charge in [0.15, 0.2) is 0 Å². The molecular weight excluding hydrogens is 286 g/mol. The first kappa shape index (κ1) is 13.6. The maximum Gasteiger partial charge on any atom is 0.266 e. The number of hydrogen-bond acceptors (Lipinski definition) is 3. The molecule has 1 heterocycles. The van der Waals surface area contributed by atoms with Gasteiger partial charge in [0.05, 0.1) is 4.91 Å². The van der Waals surface area contributed by atoms with Crippen LogP contribution in [0.15, 0.2) is 29.2 Å². The number of thiocarbonyl (C=S) groups is 1. The van der Waals surface area contributed by atoms with Crippen molar-refractivity contribution in [3.05, 3.63) is 39.8 Å². The van der Waals surface area contributed by atoms with E-state index in [2.05, 4.69) is 0 Å². The van der Waals surface area contributed by atoms with Crippen molar-refractivity contribution in [2.45, 2.75) is 13.3 Å². The van der Waals surface area contributed by atoms with Gasteiger partial charge < -0.3 is 0 Å². The quantitative estimate of drug-likeness (QED) is 0.622. The van der Waals surface area contributed by atoms with Gasteiger partial charge >= 0.3 is 0 Å². The lowest BCUT2D eigenvalue weighted by molar-refractivity contribution is -0.122. The molecule has 0 aromatic heterocycles. The number of benzene rings is 1. The van der Waals surface area contributed by atoms with Crippen LogP contribution >= 0.6 is 35.6 Å². The fourth-order valence-electron chi connectivity index (χ4n) is 1.65. The molecule has 5 heteroatoms. The van der Waals surface area contributed by atoms with E-state index < -0.39 is 0 Å². The third-order valence-electron chi connectivity index (χ3n) is 2.51. The minimum atomic E-state index is -0.0215. The van der Waals surface area contributed by atoms with Gasteiger partial charge in [-0.05, 0) is 24.1 Å². The average Bonchev–Trinajstić information content (AvgIpc) is 2.60. The lowest BCUT2D eigenvalue weighted by atomic mass is 10.2. The van der Waals surface area contributed by atoms with Crippen molar-refractivity contribution < 1.29 is 4.79 Å². The Morgan fingerprint density at radius 3 is 2.83 bits per heavy atom. The predicted molar refractivity (Wildman–Crippen MR) is 81.6 cm³/mol. The van der Waals surface area contributed by atoms with Gasteiger partial charge in [0.25, 0.3) is 5.91 Å². The van der Waals surface area contributed by atoms with Gasteiger partial charge in [0.1, 0.15) is 4.32 Å². The molecule has 0 radical (unpaired) electrons. The van der Waals surface area contributed by atoms with Gasteiger partial charge in [0, 0.05) is 11.6 Å². The zero-order valence-corrected chi connectivity index (χ0v) is 12.2. The highest BCUT2D eigenvalue weighted by Crippen LogP contribution is 2.33. The van der Waals surface area contributed by atoms with E-state index in [9.17, 15) is 4.79 Å². The predicted octanol–water partition coefficient (Wildman–Crippen LogP) is 3.95. The molecule has 1 aliphatic heterocycles. The second-order valence-corrected chi connectivity index (χ2v) is 5.94. The summed E-state index contributed by atoms with van der Waals surface area (Å²) in [5.74, 6) is -0.0215. The molecule has 1 fully saturated rings. The van der Waals surface area contributed by atoms with Crippen LogP contribution in [0.1, 0.15) is 18.9 Å². The molecule has 94 valence electrons. The molecule has 0 N–H and O–H groups in total. The molecule has 0 unspecified atom stereocenters. The van der Waals surface area contributed by atoms with Crippen molar-refractivity contribution in [2.75, 3.05) is 6.54 Å². The van der Waals surface area contributed by atoms with Crippen LogP contribution in [0.2, 0.25) is 5.02 Å². The molecule has 1 aliphatic rings. The molecule has 0 saturated carbocycles. The third kappa shape index (κ3) is 2.76. The maximum absolute atomic E-state index is 12.1. The second-order valence-electron chi connectivity index (χ2n) is 3.85. The number of hydrogen-bond donors (Lipinski definition) is 0. The SMILES string of the molecule is CCCN1C(=O)C(=Cc2ccccc2Cl)SC1=S. The summed E-state index contributed by atoms with van der Waals surface area (Å²) in [5, 5.41) is 0.637. The number of rotatable bonds is 3. The Hall–Kier alpha value is -0.840. The Labute approximate surface area is 121 Å². The number of halogens is 1. The zero-order chi connectivity index (χ0) is 13.1. The topological polar surface area (TPSA) is 20.3 Å². The van der Waals surface area contributed by atoms with Crippen LogP contribution in [-0.2, 0) is 4.79 Å². The molecule has 1 aromatic carbocycles. The smallest absolute Gasteiger partial charge is 0.266 e. The average molecular weight is 298 g/mol. The summed E-state index contributed by atoms with van der Waals surface area (Å²) in [6.07, 6.45) is 2.70. The molecule has 0 spiro atoms. The van der Waals surface area contributed by atoms with E-state index in [4.69, 9.17) is 23.8 Å². The molecule has 1 amide bonds. The van der Waals surface area contributed by atoms with E-state index in [1.165, 1.54) is 11.8 Å². The Morgan fingerprint density at radius 2 is 2.17 bits per heavy atom. The summed E-state index contributed by atoms with van der Waals surface area (Å²) in [6.45, 7) is 2.70. The van der Waals surface area contributed by atoms with Crippen LogP contribution in [0.4, 0.5) is 0 Å². The Morgan fingerprint density at radius 1 is 1.44 bits per heavy atom. The minimum Gasteiger partial charge on any atom is -0.293 e. The first-order valence-corrected chi connectivity index (χ1v) is 7.23. The summed E-state index contributed by atoms with van der Waals surface area (Å²) in [5.41, 5.74) is 0.844. The molecule has 1 aromatic rings. The third-order valence-corrected chi connectivity index (χ3v) is 4.23. The zero-order valence-electron chi connectivity index (χ0n) is 9.85. The number of amides is 1. The summed E-state index contributed by atoms with van der Waals surface area (Å²) in [6, 6.07) is 7.45. The molecule has 0 atom stereocenters. The van der Waals surface area contributed by atoms with Gasteiger partial charge in [-0.1, -0.05) is 60.7 Å². The number of carbonyl (C=O) groups excluding carboxylic acids is 1. The van der Waals surface area contributed by atoms with Crippen molar-refractivity contribution in [3.63, 3.8) is 0 Å². The summed E-state index contributed by atoms with van der Waals surface area (Å²) in [4.78, 5) is 14.4. The maximum atomic E-state index is 12.1. The van der Waals surface area contributed by atoms with Crippen LogP contribution in [0.25, 0.3) is 6.08 Å². The summed E-state index contributed by atoms with van der Waals surface area (Å²) < 4.78 is 0.625. The van der Waals surface area contributed by atoms with Crippen LogP contribution in [0.5, 0.6) is 0 Å². The van der Waals surface area contributed by atoms with E-state index in [-0.39, 0.29) is 5.91 Å². The van der Waals surface area contributed by atoms with E-state index in [1.54, 1.807) is 17.0 Å². The molecule has 18 heavy (non-hydrogen) atoms. The number of nitrogens with zero attached hydrogens (tertiary/aromatic N) is 1. The van der Waals surface area contributed by atoms with Gasteiger partial charge in [0.2, 0.25) is 0 Å². The van der Waals surface area contributed by atoms with Gasteiger partial charge in [-0.25, -0.2) is 0 Å². The Bertz CT molecular complexity index is 527. The van der Waals surface area contributed by atoms with Crippen LogP contribution in [0.3, 0.4) is 0 Å². The number of thioether (sulfide) groups is 1. The molecule has 1 saturated heterocycles. The van der Waals surface area contributed by atoms with Gasteiger partial charge in [-0.15, -0.1) is 0 Å². The Kier molecular flexibility index (Phi) is 4.43. The van der Waals surface area contributed by atoms with Crippen molar-refractivity contribution in [3.8, 4) is 0 Å². The van der Waals surface area contributed by atoms with Crippen molar-refractivity contribution >= 4 is 51.9 Å². The van der Waals surface area contributed by atoms with E-state index in [1.807, 2.05) is 25.1 Å². The highest BCUT2D eigenvalue weighted by atomic mass is 35.5. The van der Waals surface area contributed by atoms with Crippen molar-refractivity contribution in [1.29, 1.82) is 0 Å². The van der Waals surface area contributed by atoms with Crippen LogP contribution in [0, 0.1) is 0 Å². The lowest BCUT2D eigenvalue weighted by Crippen LogP contribution is -2.28. The largest absolute Gasteiger partial charge is 0.293 e. The fraction of sp³-hybridized carbons (Fsp3) is 0.231. The van der Waals surface area contributed by atoms with Gasteiger partial charge in [-0.3, -0.25) is 9.69 Å². The monoisotopic (exact) mass is 297 g/mol.